The number of carbonyl (C=O) groups is 1. The molecule has 1 heterocycles. The number of aryl methyl sites for hydroxylation is 2. The maximum absolute atomic E-state index is 12.2. The molecule has 4 heteroatoms. The van der Waals surface area contributed by atoms with Crippen LogP contribution >= 0.6 is 0 Å². The van der Waals surface area contributed by atoms with Gasteiger partial charge in [-0.15, -0.1) is 0 Å². The first-order valence-corrected chi connectivity index (χ1v) is 5.87. The van der Waals surface area contributed by atoms with E-state index in [1.807, 2.05) is 44.3 Å². The van der Waals surface area contributed by atoms with E-state index in [1.165, 1.54) is 0 Å². The molecule has 1 aromatic carbocycles. The number of carbonyl (C=O) groups excluding carboxylic acids is 1. The molecule has 0 radical (unpaired) electrons. The fourth-order valence-electron chi connectivity index (χ4n) is 1.87. The van der Waals surface area contributed by atoms with Crippen LogP contribution in [0.15, 0.2) is 36.5 Å². The molecule has 0 aliphatic carbocycles. The summed E-state index contributed by atoms with van der Waals surface area (Å²) in [7, 11) is 3.68. The molecule has 4 nitrogen and oxygen atoms in total. The Hall–Kier alpha value is -2.10. The summed E-state index contributed by atoms with van der Waals surface area (Å²) >= 11 is 0. The second-order valence-corrected chi connectivity index (χ2v) is 4.48. The van der Waals surface area contributed by atoms with Gasteiger partial charge in [-0.25, -0.2) is 0 Å². The first-order valence-electron chi connectivity index (χ1n) is 5.87. The van der Waals surface area contributed by atoms with E-state index in [0.717, 1.165) is 16.8 Å². The van der Waals surface area contributed by atoms with E-state index in [9.17, 15) is 4.79 Å². The number of rotatable bonds is 3. The average molecular weight is 243 g/mol. The van der Waals surface area contributed by atoms with Crippen molar-refractivity contribution in [1.82, 2.24) is 14.7 Å². The minimum absolute atomic E-state index is 0.0277. The molecule has 18 heavy (non-hydrogen) atoms. The van der Waals surface area contributed by atoms with Gasteiger partial charge in [-0.05, 0) is 25.1 Å². The summed E-state index contributed by atoms with van der Waals surface area (Å²) in [6.07, 6.45) is 1.74. The van der Waals surface area contributed by atoms with E-state index < -0.39 is 0 Å². The fraction of sp³-hybridized carbons (Fsp3) is 0.286. The summed E-state index contributed by atoms with van der Waals surface area (Å²) in [5.41, 5.74) is 2.83. The summed E-state index contributed by atoms with van der Waals surface area (Å²) in [6.45, 7) is 2.54. The number of aromatic nitrogens is 2. The highest BCUT2D eigenvalue weighted by Crippen LogP contribution is 2.09. The van der Waals surface area contributed by atoms with Gasteiger partial charge in [-0.2, -0.15) is 5.10 Å². The molecule has 0 atom stereocenters. The van der Waals surface area contributed by atoms with Gasteiger partial charge in [-0.3, -0.25) is 9.48 Å². The SMILES string of the molecule is Cc1cccc(C(=O)N(C)Cc2ccnn2C)c1. The molecule has 2 rings (SSSR count). The Labute approximate surface area is 107 Å². The van der Waals surface area contributed by atoms with Gasteiger partial charge < -0.3 is 4.90 Å². The van der Waals surface area contributed by atoms with Gasteiger partial charge in [0.2, 0.25) is 0 Å². The van der Waals surface area contributed by atoms with Crippen LogP contribution in [0.5, 0.6) is 0 Å². The Morgan fingerprint density at radius 1 is 1.39 bits per heavy atom. The van der Waals surface area contributed by atoms with Crippen LogP contribution < -0.4 is 0 Å². The lowest BCUT2D eigenvalue weighted by atomic mass is 10.1. The highest BCUT2D eigenvalue weighted by Gasteiger charge is 2.13. The summed E-state index contributed by atoms with van der Waals surface area (Å²) in [6, 6.07) is 9.55. The minimum atomic E-state index is 0.0277. The summed E-state index contributed by atoms with van der Waals surface area (Å²) < 4.78 is 1.78. The lowest BCUT2D eigenvalue weighted by molar-refractivity contribution is 0.0782. The van der Waals surface area contributed by atoms with Crippen molar-refractivity contribution < 1.29 is 4.79 Å². The highest BCUT2D eigenvalue weighted by atomic mass is 16.2. The predicted molar refractivity (Wildman–Crippen MR) is 70.2 cm³/mol. The van der Waals surface area contributed by atoms with E-state index in [0.29, 0.717) is 6.54 Å². The molecular weight excluding hydrogens is 226 g/mol. The largest absolute Gasteiger partial charge is 0.336 e. The van der Waals surface area contributed by atoms with E-state index in [1.54, 1.807) is 22.8 Å². The third kappa shape index (κ3) is 2.59. The second kappa shape index (κ2) is 5.04. The fourth-order valence-corrected chi connectivity index (χ4v) is 1.87. The molecule has 0 saturated heterocycles. The maximum Gasteiger partial charge on any atom is 0.253 e. The van der Waals surface area contributed by atoms with Crippen molar-refractivity contribution >= 4 is 5.91 Å². The third-order valence-electron chi connectivity index (χ3n) is 2.93. The molecule has 0 aliphatic rings. The Bertz CT molecular complexity index is 560. The van der Waals surface area contributed by atoms with Crippen molar-refractivity contribution in [2.45, 2.75) is 13.5 Å². The van der Waals surface area contributed by atoms with Crippen LogP contribution in [0.3, 0.4) is 0 Å². The van der Waals surface area contributed by atoms with Crippen molar-refractivity contribution in [2.75, 3.05) is 7.05 Å². The van der Waals surface area contributed by atoms with Gasteiger partial charge in [-0.1, -0.05) is 17.7 Å². The van der Waals surface area contributed by atoms with Crippen LogP contribution in [-0.2, 0) is 13.6 Å². The van der Waals surface area contributed by atoms with Crippen LogP contribution in [0.25, 0.3) is 0 Å². The first kappa shape index (κ1) is 12.4. The van der Waals surface area contributed by atoms with E-state index in [4.69, 9.17) is 0 Å². The van der Waals surface area contributed by atoms with Crippen LogP contribution in [0.1, 0.15) is 21.6 Å². The predicted octanol–water partition coefficient (Wildman–Crippen LogP) is 2.00. The van der Waals surface area contributed by atoms with Crippen molar-refractivity contribution in [1.29, 1.82) is 0 Å². The van der Waals surface area contributed by atoms with Crippen molar-refractivity contribution in [2.24, 2.45) is 7.05 Å². The van der Waals surface area contributed by atoms with Gasteiger partial charge >= 0.3 is 0 Å². The molecule has 0 bridgehead atoms. The molecule has 94 valence electrons. The minimum Gasteiger partial charge on any atom is -0.336 e. The quantitative estimate of drug-likeness (QED) is 0.827. The normalized spacial score (nSPS) is 10.4. The van der Waals surface area contributed by atoms with E-state index in [-0.39, 0.29) is 5.91 Å². The number of amides is 1. The Kier molecular flexibility index (Phi) is 3.46. The second-order valence-electron chi connectivity index (χ2n) is 4.48. The van der Waals surface area contributed by atoms with Gasteiger partial charge in [0.25, 0.3) is 5.91 Å². The Morgan fingerprint density at radius 2 is 2.17 bits per heavy atom. The summed E-state index contributed by atoms with van der Waals surface area (Å²) in [5.74, 6) is 0.0277. The highest BCUT2D eigenvalue weighted by molar-refractivity contribution is 5.94. The molecule has 0 saturated carbocycles. The lowest BCUT2D eigenvalue weighted by Gasteiger charge is -2.17. The van der Waals surface area contributed by atoms with E-state index in [2.05, 4.69) is 5.10 Å². The Morgan fingerprint density at radius 3 is 2.78 bits per heavy atom. The topological polar surface area (TPSA) is 38.1 Å². The van der Waals surface area contributed by atoms with Gasteiger partial charge in [0.05, 0.1) is 12.2 Å². The Balaban J connectivity index is 2.12. The van der Waals surface area contributed by atoms with Crippen LogP contribution in [0.2, 0.25) is 0 Å². The zero-order valence-corrected chi connectivity index (χ0v) is 10.9. The zero-order valence-electron chi connectivity index (χ0n) is 10.9. The summed E-state index contributed by atoms with van der Waals surface area (Å²) in [5, 5.41) is 4.09. The standard InChI is InChI=1S/C14H17N3O/c1-11-5-4-6-12(9-11)14(18)16(2)10-13-7-8-15-17(13)3/h4-9H,10H2,1-3H3. The molecule has 0 aliphatic heterocycles. The molecule has 0 spiro atoms. The summed E-state index contributed by atoms with van der Waals surface area (Å²) in [4.78, 5) is 13.9. The zero-order chi connectivity index (χ0) is 13.1. The first-order chi connectivity index (χ1) is 8.58. The van der Waals surface area contributed by atoms with Crippen molar-refractivity contribution in [3.05, 3.63) is 53.3 Å². The lowest BCUT2D eigenvalue weighted by Crippen LogP contribution is -2.27. The number of nitrogens with zero attached hydrogens (tertiary/aromatic N) is 3. The molecule has 0 unspecified atom stereocenters. The molecule has 1 amide bonds. The molecule has 1 aromatic heterocycles. The molecular formula is C14H17N3O. The number of benzene rings is 1. The third-order valence-corrected chi connectivity index (χ3v) is 2.93. The number of hydrogen-bond donors (Lipinski definition) is 0. The van der Waals surface area contributed by atoms with Gasteiger partial charge in [0.15, 0.2) is 0 Å². The maximum atomic E-state index is 12.2. The van der Waals surface area contributed by atoms with Gasteiger partial charge in [0.1, 0.15) is 0 Å². The van der Waals surface area contributed by atoms with Gasteiger partial charge in [0, 0.05) is 25.9 Å². The van der Waals surface area contributed by atoms with Crippen LogP contribution in [0.4, 0.5) is 0 Å². The molecule has 0 fully saturated rings. The molecule has 0 N–H and O–H groups in total. The van der Waals surface area contributed by atoms with Crippen molar-refractivity contribution in [3.63, 3.8) is 0 Å². The van der Waals surface area contributed by atoms with E-state index >= 15 is 0 Å². The van der Waals surface area contributed by atoms with Crippen molar-refractivity contribution in [3.8, 4) is 0 Å². The molecule has 2 aromatic rings. The monoisotopic (exact) mass is 243 g/mol. The number of hydrogen-bond acceptors (Lipinski definition) is 2. The average Bonchev–Trinajstić information content (AvgIpc) is 2.74. The van der Waals surface area contributed by atoms with Crippen LogP contribution in [0, 0.1) is 6.92 Å². The smallest absolute Gasteiger partial charge is 0.253 e. The van der Waals surface area contributed by atoms with Crippen LogP contribution in [-0.4, -0.2) is 27.6 Å².